The highest BCUT2D eigenvalue weighted by molar-refractivity contribution is 5.99. The van der Waals surface area contributed by atoms with Crippen LogP contribution < -0.4 is 16.4 Å². The highest BCUT2D eigenvalue weighted by atomic mass is 16.6. The molecule has 154 valence electrons. The molecular formula is C21H26N4O4. The summed E-state index contributed by atoms with van der Waals surface area (Å²) in [6.45, 7) is 5.26. The Morgan fingerprint density at radius 3 is 2.28 bits per heavy atom. The molecule has 2 rings (SSSR count). The van der Waals surface area contributed by atoms with Gasteiger partial charge in [-0.05, 0) is 50.6 Å². The number of nitrogens with one attached hydrogen (secondary N) is 2. The Kier molecular flexibility index (Phi) is 7.19. The zero-order valence-corrected chi connectivity index (χ0v) is 16.7. The van der Waals surface area contributed by atoms with Gasteiger partial charge in [0.15, 0.2) is 5.84 Å². The number of carbonyl (C=O) groups excluding carboxylic acids is 2. The molecule has 0 saturated heterocycles. The molecule has 2 aromatic rings. The molecule has 0 aliphatic carbocycles. The summed E-state index contributed by atoms with van der Waals surface area (Å²) in [5.41, 5.74) is 6.77. The Balaban J connectivity index is 2.13. The van der Waals surface area contributed by atoms with Gasteiger partial charge in [0.05, 0.1) is 0 Å². The molecule has 0 aliphatic rings. The van der Waals surface area contributed by atoms with Gasteiger partial charge in [0, 0.05) is 17.7 Å². The molecule has 1 atom stereocenters. The molecule has 0 spiro atoms. The number of hydrogen-bond donors (Lipinski definition) is 4. The minimum atomic E-state index is -0.837. The van der Waals surface area contributed by atoms with Crippen LogP contribution in [-0.2, 0) is 16.0 Å². The lowest BCUT2D eigenvalue weighted by Crippen LogP contribution is -2.47. The van der Waals surface area contributed by atoms with Crippen LogP contribution in [0.15, 0.2) is 59.8 Å². The third-order valence-corrected chi connectivity index (χ3v) is 3.85. The first-order chi connectivity index (χ1) is 13.7. The summed E-state index contributed by atoms with van der Waals surface area (Å²) in [6.07, 6.45) is -0.371. The third kappa shape index (κ3) is 7.17. The van der Waals surface area contributed by atoms with E-state index in [9.17, 15) is 9.59 Å². The zero-order chi connectivity index (χ0) is 21.4. The van der Waals surface area contributed by atoms with Gasteiger partial charge in [-0.25, -0.2) is 4.79 Å². The van der Waals surface area contributed by atoms with Crippen molar-refractivity contribution in [1.82, 2.24) is 5.32 Å². The number of anilines is 1. The van der Waals surface area contributed by atoms with E-state index in [4.69, 9.17) is 15.7 Å². The summed E-state index contributed by atoms with van der Waals surface area (Å²) in [7, 11) is 0. The number of hydrogen-bond acceptors (Lipinski definition) is 5. The molecule has 5 N–H and O–H groups in total. The number of nitrogens with zero attached hydrogens (tertiary/aromatic N) is 1. The molecule has 0 aliphatic heterocycles. The monoisotopic (exact) mass is 398 g/mol. The number of carbonyl (C=O) groups is 2. The van der Waals surface area contributed by atoms with Crippen molar-refractivity contribution < 1.29 is 19.5 Å². The van der Waals surface area contributed by atoms with Crippen molar-refractivity contribution in [2.24, 2.45) is 10.9 Å². The van der Waals surface area contributed by atoms with Gasteiger partial charge in [-0.1, -0.05) is 35.5 Å². The minimum absolute atomic E-state index is 0.0311. The molecule has 29 heavy (non-hydrogen) atoms. The number of amides is 2. The summed E-state index contributed by atoms with van der Waals surface area (Å²) >= 11 is 0. The Labute approximate surface area is 169 Å². The van der Waals surface area contributed by atoms with Gasteiger partial charge < -0.3 is 26.3 Å². The number of benzene rings is 2. The van der Waals surface area contributed by atoms with Crippen molar-refractivity contribution >= 4 is 23.5 Å². The largest absolute Gasteiger partial charge is 0.444 e. The minimum Gasteiger partial charge on any atom is -0.444 e. The van der Waals surface area contributed by atoms with Crippen LogP contribution in [0, 0.1) is 0 Å². The van der Waals surface area contributed by atoms with Crippen molar-refractivity contribution in [2.75, 3.05) is 5.32 Å². The highest BCUT2D eigenvalue weighted by Gasteiger charge is 2.25. The smallest absolute Gasteiger partial charge is 0.408 e. The van der Waals surface area contributed by atoms with Gasteiger partial charge in [-0.15, -0.1) is 0 Å². The van der Waals surface area contributed by atoms with E-state index in [1.54, 1.807) is 45.0 Å². The fourth-order valence-electron chi connectivity index (χ4n) is 2.52. The first-order valence-corrected chi connectivity index (χ1v) is 9.10. The van der Waals surface area contributed by atoms with Crippen molar-refractivity contribution in [2.45, 2.75) is 38.8 Å². The maximum Gasteiger partial charge on any atom is 0.408 e. The number of ether oxygens (including phenoxy) is 1. The van der Waals surface area contributed by atoms with Crippen LogP contribution in [0.25, 0.3) is 0 Å². The molecule has 2 amide bonds. The van der Waals surface area contributed by atoms with Crippen LogP contribution in [0.1, 0.15) is 31.9 Å². The average Bonchev–Trinajstić information content (AvgIpc) is 2.66. The van der Waals surface area contributed by atoms with E-state index in [0.29, 0.717) is 17.7 Å². The predicted octanol–water partition coefficient (Wildman–Crippen LogP) is 2.86. The summed E-state index contributed by atoms with van der Waals surface area (Å²) in [5, 5.41) is 17.1. The second-order valence-electron chi connectivity index (χ2n) is 7.44. The molecule has 0 saturated carbocycles. The first-order valence-electron chi connectivity index (χ1n) is 9.10. The maximum absolute atomic E-state index is 12.8. The van der Waals surface area contributed by atoms with Gasteiger partial charge >= 0.3 is 6.09 Å². The summed E-state index contributed by atoms with van der Waals surface area (Å²) < 4.78 is 5.28. The topological polar surface area (TPSA) is 126 Å². The fraction of sp³-hybridized carbons (Fsp3) is 0.286. The van der Waals surface area contributed by atoms with Gasteiger partial charge in [0.2, 0.25) is 5.91 Å². The Bertz CT molecular complexity index is 858. The van der Waals surface area contributed by atoms with Crippen LogP contribution in [0.5, 0.6) is 0 Å². The molecule has 8 nitrogen and oxygen atoms in total. The highest BCUT2D eigenvalue weighted by Crippen LogP contribution is 2.13. The lowest BCUT2D eigenvalue weighted by atomic mass is 10.1. The number of rotatable bonds is 6. The number of oxime groups is 1. The average molecular weight is 398 g/mol. The molecule has 0 unspecified atom stereocenters. The third-order valence-electron chi connectivity index (χ3n) is 3.85. The van der Waals surface area contributed by atoms with Gasteiger partial charge in [-0.3, -0.25) is 4.79 Å². The number of alkyl carbamates (subject to hydrolysis) is 1. The van der Waals surface area contributed by atoms with E-state index in [0.717, 1.165) is 5.56 Å². The van der Waals surface area contributed by atoms with Crippen molar-refractivity contribution in [3.8, 4) is 0 Å². The molecule has 8 heteroatoms. The van der Waals surface area contributed by atoms with Crippen LogP contribution in [0.2, 0.25) is 0 Å². The van der Waals surface area contributed by atoms with E-state index in [-0.39, 0.29) is 5.84 Å². The van der Waals surface area contributed by atoms with E-state index < -0.39 is 23.6 Å². The quantitative estimate of drug-likeness (QED) is 0.258. The SMILES string of the molecule is CC(C)(C)OC(=O)N[C@@H](Cc1ccccc1)C(=O)Nc1ccc(C(N)=NO)cc1. The molecular weight excluding hydrogens is 372 g/mol. The van der Waals surface area contributed by atoms with Gasteiger partial charge in [0.1, 0.15) is 11.6 Å². The molecule has 0 aromatic heterocycles. The van der Waals surface area contributed by atoms with E-state index in [1.807, 2.05) is 30.3 Å². The molecule has 0 radical (unpaired) electrons. The van der Waals surface area contributed by atoms with Crippen LogP contribution in [0.4, 0.5) is 10.5 Å². The van der Waals surface area contributed by atoms with Crippen molar-refractivity contribution in [3.63, 3.8) is 0 Å². The molecule has 0 heterocycles. The van der Waals surface area contributed by atoms with E-state index >= 15 is 0 Å². The predicted molar refractivity (Wildman–Crippen MR) is 111 cm³/mol. The molecule has 0 bridgehead atoms. The van der Waals surface area contributed by atoms with Gasteiger partial charge in [0.25, 0.3) is 0 Å². The Morgan fingerprint density at radius 2 is 1.72 bits per heavy atom. The molecule has 0 fully saturated rings. The lowest BCUT2D eigenvalue weighted by Gasteiger charge is -2.23. The standard InChI is InChI=1S/C21H26N4O4/c1-21(2,3)29-20(27)24-17(13-14-7-5-4-6-8-14)19(26)23-16-11-9-15(10-12-16)18(22)25-28/h4-12,17,28H,13H2,1-3H3,(H2,22,25)(H,23,26)(H,24,27)/t17-/m0/s1. The number of amidine groups is 1. The summed E-state index contributed by atoms with van der Waals surface area (Å²) in [4.78, 5) is 25.0. The number of nitrogens with two attached hydrogens (primary N) is 1. The zero-order valence-electron chi connectivity index (χ0n) is 16.7. The first kappa shape index (κ1) is 21.7. The van der Waals surface area contributed by atoms with Crippen molar-refractivity contribution in [1.29, 1.82) is 0 Å². The second kappa shape index (κ2) is 9.59. The maximum atomic E-state index is 12.8. The normalized spacial score (nSPS) is 12.7. The lowest BCUT2D eigenvalue weighted by molar-refractivity contribution is -0.118. The summed E-state index contributed by atoms with van der Waals surface area (Å²) in [5.74, 6) is -0.423. The van der Waals surface area contributed by atoms with Crippen LogP contribution >= 0.6 is 0 Å². The Hall–Kier alpha value is -3.55. The van der Waals surface area contributed by atoms with Crippen LogP contribution in [0.3, 0.4) is 0 Å². The van der Waals surface area contributed by atoms with Gasteiger partial charge in [-0.2, -0.15) is 0 Å². The summed E-state index contributed by atoms with van der Waals surface area (Å²) in [6, 6.07) is 15.0. The van der Waals surface area contributed by atoms with Crippen LogP contribution in [-0.4, -0.2) is 34.7 Å². The molecule has 2 aromatic carbocycles. The van der Waals surface area contributed by atoms with Crippen molar-refractivity contribution in [3.05, 3.63) is 65.7 Å². The van der Waals surface area contributed by atoms with E-state index in [1.165, 1.54) is 0 Å². The Morgan fingerprint density at radius 1 is 1.10 bits per heavy atom. The van der Waals surface area contributed by atoms with E-state index in [2.05, 4.69) is 15.8 Å². The second-order valence-corrected chi connectivity index (χ2v) is 7.44. The fourth-order valence-corrected chi connectivity index (χ4v) is 2.52.